The average molecular weight is 255 g/mol. The molecular formula is C13H19ClN2O. The highest BCUT2D eigenvalue weighted by Gasteiger charge is 2.14. The molecule has 0 spiro atoms. The van der Waals surface area contributed by atoms with Crippen molar-refractivity contribution in [2.75, 3.05) is 25.0 Å². The van der Waals surface area contributed by atoms with Gasteiger partial charge in [0.15, 0.2) is 0 Å². The third-order valence-corrected chi connectivity index (χ3v) is 3.12. The van der Waals surface area contributed by atoms with E-state index in [1.165, 1.54) is 0 Å². The van der Waals surface area contributed by atoms with E-state index in [4.69, 9.17) is 16.3 Å². The quantitative estimate of drug-likeness (QED) is 0.848. The first kappa shape index (κ1) is 12.5. The monoisotopic (exact) mass is 254 g/mol. The van der Waals surface area contributed by atoms with E-state index in [2.05, 4.69) is 17.6 Å². The Bertz CT molecular complexity index is 364. The minimum absolute atomic E-state index is 0.508. The Morgan fingerprint density at radius 2 is 2.41 bits per heavy atom. The molecule has 4 heteroatoms. The number of hydrogen-bond acceptors (Lipinski definition) is 3. The van der Waals surface area contributed by atoms with Gasteiger partial charge in [-0.15, -0.1) is 0 Å². The fraction of sp³-hybridized carbons (Fsp3) is 0.538. The molecule has 1 atom stereocenters. The molecule has 2 rings (SSSR count). The van der Waals surface area contributed by atoms with Crippen LogP contribution in [0.5, 0.6) is 5.75 Å². The van der Waals surface area contributed by atoms with Crippen molar-refractivity contribution in [3.8, 4) is 5.75 Å². The molecule has 1 saturated heterocycles. The predicted octanol–water partition coefficient (Wildman–Crippen LogP) is 2.90. The summed E-state index contributed by atoms with van der Waals surface area (Å²) < 4.78 is 5.54. The molecule has 2 N–H and O–H groups in total. The maximum Gasteiger partial charge on any atom is 0.138 e. The lowest BCUT2D eigenvalue weighted by atomic mass is 10.2. The summed E-state index contributed by atoms with van der Waals surface area (Å²) in [5, 5.41) is 7.46. The first-order chi connectivity index (χ1) is 8.29. The summed E-state index contributed by atoms with van der Waals surface area (Å²) in [5.74, 6) is 0.767. The third-order valence-electron chi connectivity index (χ3n) is 2.82. The van der Waals surface area contributed by atoms with E-state index in [0.717, 1.165) is 37.4 Å². The molecule has 17 heavy (non-hydrogen) atoms. The highest BCUT2D eigenvalue weighted by molar-refractivity contribution is 6.32. The van der Waals surface area contributed by atoms with Crippen molar-refractivity contribution in [3.63, 3.8) is 0 Å². The van der Waals surface area contributed by atoms with Gasteiger partial charge in [-0.05, 0) is 37.6 Å². The first-order valence-corrected chi connectivity index (χ1v) is 6.57. The zero-order chi connectivity index (χ0) is 12.1. The first-order valence-electron chi connectivity index (χ1n) is 6.19. The molecule has 1 aromatic carbocycles. The van der Waals surface area contributed by atoms with Crippen LogP contribution in [0.2, 0.25) is 5.02 Å². The second kappa shape index (κ2) is 6.12. The lowest BCUT2D eigenvalue weighted by Gasteiger charge is -2.14. The molecule has 1 unspecified atom stereocenters. The summed E-state index contributed by atoms with van der Waals surface area (Å²) in [6.45, 7) is 4.89. The van der Waals surface area contributed by atoms with Crippen LogP contribution in [0.25, 0.3) is 0 Å². The SMILES string of the molecule is CCCOc1ccc(NC2CCNC2)cc1Cl. The average Bonchev–Trinajstić information content (AvgIpc) is 2.81. The molecule has 0 amide bonds. The topological polar surface area (TPSA) is 33.3 Å². The number of halogens is 1. The summed E-state index contributed by atoms with van der Waals surface area (Å²) in [7, 11) is 0. The summed E-state index contributed by atoms with van der Waals surface area (Å²) in [5.41, 5.74) is 1.06. The number of hydrogen-bond donors (Lipinski definition) is 2. The van der Waals surface area contributed by atoms with Crippen LogP contribution in [0.1, 0.15) is 19.8 Å². The molecule has 0 saturated carbocycles. The highest BCUT2D eigenvalue weighted by Crippen LogP contribution is 2.28. The Morgan fingerprint density at radius 1 is 1.53 bits per heavy atom. The van der Waals surface area contributed by atoms with Crippen LogP contribution in [0.15, 0.2) is 18.2 Å². The Morgan fingerprint density at radius 3 is 3.06 bits per heavy atom. The van der Waals surface area contributed by atoms with Gasteiger partial charge in [0.25, 0.3) is 0 Å². The van der Waals surface area contributed by atoms with Gasteiger partial charge in [0, 0.05) is 18.3 Å². The maximum absolute atomic E-state index is 6.17. The molecule has 0 aliphatic carbocycles. The zero-order valence-electron chi connectivity index (χ0n) is 10.1. The van der Waals surface area contributed by atoms with Gasteiger partial charge in [-0.2, -0.15) is 0 Å². The van der Waals surface area contributed by atoms with E-state index >= 15 is 0 Å². The van der Waals surface area contributed by atoms with E-state index in [-0.39, 0.29) is 0 Å². The molecule has 1 heterocycles. The van der Waals surface area contributed by atoms with E-state index < -0.39 is 0 Å². The lowest BCUT2D eigenvalue weighted by Crippen LogP contribution is -2.21. The van der Waals surface area contributed by atoms with Gasteiger partial charge in [0.1, 0.15) is 5.75 Å². The molecule has 1 aromatic rings. The van der Waals surface area contributed by atoms with E-state index in [9.17, 15) is 0 Å². The number of nitrogens with one attached hydrogen (secondary N) is 2. The summed E-state index contributed by atoms with van der Waals surface area (Å²) >= 11 is 6.17. The molecule has 1 fully saturated rings. The Labute approximate surface area is 107 Å². The summed E-state index contributed by atoms with van der Waals surface area (Å²) in [6.07, 6.45) is 2.15. The fourth-order valence-corrected chi connectivity index (χ4v) is 2.17. The maximum atomic E-state index is 6.17. The Kier molecular flexibility index (Phi) is 4.51. The zero-order valence-corrected chi connectivity index (χ0v) is 10.9. The van der Waals surface area contributed by atoms with Crippen LogP contribution < -0.4 is 15.4 Å². The van der Waals surface area contributed by atoms with E-state index in [1.54, 1.807) is 0 Å². The van der Waals surface area contributed by atoms with Crippen molar-refractivity contribution in [2.45, 2.75) is 25.8 Å². The molecule has 3 nitrogen and oxygen atoms in total. The van der Waals surface area contributed by atoms with Crippen molar-refractivity contribution < 1.29 is 4.74 Å². The van der Waals surface area contributed by atoms with Gasteiger partial charge in [-0.3, -0.25) is 0 Å². The second-order valence-corrected chi connectivity index (χ2v) is 4.73. The number of benzene rings is 1. The van der Waals surface area contributed by atoms with Gasteiger partial charge < -0.3 is 15.4 Å². The predicted molar refractivity (Wildman–Crippen MR) is 72.1 cm³/mol. The summed E-state index contributed by atoms with van der Waals surface area (Å²) in [4.78, 5) is 0. The molecule has 0 aromatic heterocycles. The Balaban J connectivity index is 1.97. The van der Waals surface area contributed by atoms with Crippen LogP contribution in [-0.4, -0.2) is 25.7 Å². The molecular weight excluding hydrogens is 236 g/mol. The Hall–Kier alpha value is -0.930. The molecule has 0 bridgehead atoms. The minimum Gasteiger partial charge on any atom is -0.492 e. The molecule has 94 valence electrons. The van der Waals surface area contributed by atoms with E-state index in [1.807, 2.05) is 18.2 Å². The van der Waals surface area contributed by atoms with Crippen molar-refractivity contribution in [3.05, 3.63) is 23.2 Å². The van der Waals surface area contributed by atoms with Gasteiger partial charge in [-0.1, -0.05) is 18.5 Å². The number of rotatable bonds is 5. The van der Waals surface area contributed by atoms with Crippen LogP contribution in [0, 0.1) is 0 Å². The number of anilines is 1. The molecule has 1 aliphatic heterocycles. The van der Waals surface area contributed by atoms with Crippen molar-refractivity contribution in [1.29, 1.82) is 0 Å². The van der Waals surface area contributed by atoms with Crippen LogP contribution in [0.3, 0.4) is 0 Å². The van der Waals surface area contributed by atoms with Crippen molar-refractivity contribution in [2.24, 2.45) is 0 Å². The van der Waals surface area contributed by atoms with Crippen LogP contribution in [-0.2, 0) is 0 Å². The van der Waals surface area contributed by atoms with Crippen LogP contribution >= 0.6 is 11.6 Å². The lowest BCUT2D eigenvalue weighted by molar-refractivity contribution is 0.317. The van der Waals surface area contributed by atoms with Crippen molar-refractivity contribution in [1.82, 2.24) is 5.32 Å². The van der Waals surface area contributed by atoms with E-state index in [0.29, 0.717) is 17.7 Å². The minimum atomic E-state index is 0.508. The normalized spacial score (nSPS) is 19.3. The van der Waals surface area contributed by atoms with Crippen molar-refractivity contribution >= 4 is 17.3 Å². The standard InChI is InChI=1S/C13H19ClN2O/c1-2-7-17-13-4-3-10(8-12(13)14)16-11-5-6-15-9-11/h3-4,8,11,15-16H,2,5-7,9H2,1H3. The van der Waals surface area contributed by atoms with Gasteiger partial charge >= 0.3 is 0 Å². The highest BCUT2D eigenvalue weighted by atomic mass is 35.5. The smallest absolute Gasteiger partial charge is 0.138 e. The van der Waals surface area contributed by atoms with Crippen LogP contribution in [0.4, 0.5) is 5.69 Å². The van der Waals surface area contributed by atoms with Gasteiger partial charge in [0.2, 0.25) is 0 Å². The second-order valence-electron chi connectivity index (χ2n) is 4.33. The van der Waals surface area contributed by atoms with Gasteiger partial charge in [-0.25, -0.2) is 0 Å². The van der Waals surface area contributed by atoms with Gasteiger partial charge in [0.05, 0.1) is 11.6 Å². The molecule has 0 radical (unpaired) electrons. The largest absolute Gasteiger partial charge is 0.492 e. The molecule has 1 aliphatic rings. The fourth-order valence-electron chi connectivity index (χ4n) is 1.93. The summed E-state index contributed by atoms with van der Waals surface area (Å²) in [6, 6.07) is 6.40. The number of ether oxygens (including phenoxy) is 1. The third kappa shape index (κ3) is 3.51.